The first-order valence-corrected chi connectivity index (χ1v) is 7.23. The van der Waals surface area contributed by atoms with E-state index in [1.165, 1.54) is 11.8 Å². The largest absolute Gasteiger partial charge is 0.496 e. The summed E-state index contributed by atoms with van der Waals surface area (Å²) in [5, 5.41) is 10.00. The highest BCUT2D eigenvalue weighted by Crippen LogP contribution is 2.41. The van der Waals surface area contributed by atoms with Gasteiger partial charge in [-0.1, -0.05) is 18.2 Å². The summed E-state index contributed by atoms with van der Waals surface area (Å²) in [6.45, 7) is 2.07. The average molecular weight is 302 g/mol. The van der Waals surface area contributed by atoms with Gasteiger partial charge < -0.3 is 14.7 Å². The number of carbonyl (C=O) groups is 1. The lowest BCUT2D eigenvalue weighted by Gasteiger charge is -2.21. The second kappa shape index (κ2) is 5.29. The summed E-state index contributed by atoms with van der Waals surface area (Å²) in [5.74, 6) is -0.126. The molecule has 3 rings (SSSR count). The van der Waals surface area contributed by atoms with E-state index < -0.39 is 5.97 Å². The number of carboxylic acid groups (broad SMARTS) is 1. The molecule has 0 bridgehead atoms. The summed E-state index contributed by atoms with van der Waals surface area (Å²) in [6, 6.07) is 7.75. The van der Waals surface area contributed by atoms with Gasteiger partial charge in [0.1, 0.15) is 5.75 Å². The predicted octanol–water partition coefficient (Wildman–Crippen LogP) is 2.77. The SMILES string of the molecule is COc1ccccc1C1=CN2CC(C(=O)O)=C(C)N=C2S1. The summed E-state index contributed by atoms with van der Waals surface area (Å²) in [7, 11) is 1.64. The molecular weight excluding hydrogens is 288 g/mol. The molecule has 108 valence electrons. The minimum absolute atomic E-state index is 0.330. The molecule has 2 aliphatic rings. The van der Waals surface area contributed by atoms with Crippen molar-refractivity contribution in [2.45, 2.75) is 6.92 Å². The number of aliphatic imine (C=N–C) groups is 1. The molecule has 0 atom stereocenters. The van der Waals surface area contributed by atoms with Gasteiger partial charge >= 0.3 is 5.97 Å². The summed E-state index contributed by atoms with van der Waals surface area (Å²) in [5.41, 5.74) is 1.88. The van der Waals surface area contributed by atoms with Crippen LogP contribution >= 0.6 is 11.8 Å². The summed E-state index contributed by atoms with van der Waals surface area (Å²) in [6.07, 6.45) is 1.93. The number of rotatable bonds is 3. The molecule has 1 N–H and O–H groups in total. The molecule has 0 amide bonds. The topological polar surface area (TPSA) is 62.1 Å². The van der Waals surface area contributed by atoms with Crippen LogP contribution in [0.1, 0.15) is 12.5 Å². The van der Waals surface area contributed by atoms with Gasteiger partial charge in [0.05, 0.1) is 24.9 Å². The van der Waals surface area contributed by atoms with Crippen LogP contribution in [0.5, 0.6) is 5.75 Å². The molecule has 0 spiro atoms. The Morgan fingerprint density at radius 2 is 2.19 bits per heavy atom. The van der Waals surface area contributed by atoms with E-state index in [0.29, 0.717) is 17.8 Å². The van der Waals surface area contributed by atoms with E-state index in [-0.39, 0.29) is 0 Å². The predicted molar refractivity (Wildman–Crippen MR) is 83.0 cm³/mol. The van der Waals surface area contributed by atoms with Crippen molar-refractivity contribution in [3.63, 3.8) is 0 Å². The maximum atomic E-state index is 11.2. The third-order valence-corrected chi connectivity index (χ3v) is 4.43. The van der Waals surface area contributed by atoms with Crippen LogP contribution in [-0.2, 0) is 4.79 Å². The van der Waals surface area contributed by atoms with Crippen molar-refractivity contribution in [3.05, 3.63) is 47.3 Å². The maximum absolute atomic E-state index is 11.2. The Hall–Kier alpha value is -2.21. The van der Waals surface area contributed by atoms with Gasteiger partial charge in [0, 0.05) is 16.7 Å². The minimum atomic E-state index is -0.917. The highest BCUT2D eigenvalue weighted by Gasteiger charge is 2.30. The Bertz CT molecular complexity index is 707. The Morgan fingerprint density at radius 1 is 1.43 bits per heavy atom. The first-order valence-electron chi connectivity index (χ1n) is 6.41. The van der Waals surface area contributed by atoms with E-state index in [0.717, 1.165) is 21.4 Å². The Balaban J connectivity index is 1.94. The van der Waals surface area contributed by atoms with Crippen molar-refractivity contribution in [3.8, 4) is 5.75 Å². The zero-order valence-corrected chi connectivity index (χ0v) is 12.5. The number of aliphatic carboxylic acids is 1. The van der Waals surface area contributed by atoms with E-state index >= 15 is 0 Å². The number of thioether (sulfide) groups is 1. The van der Waals surface area contributed by atoms with Gasteiger partial charge in [-0.25, -0.2) is 9.79 Å². The van der Waals surface area contributed by atoms with Gasteiger partial charge in [0.15, 0.2) is 5.17 Å². The molecule has 1 aromatic carbocycles. The highest BCUT2D eigenvalue weighted by atomic mass is 32.2. The van der Waals surface area contributed by atoms with Crippen molar-refractivity contribution >= 4 is 27.8 Å². The van der Waals surface area contributed by atoms with Crippen molar-refractivity contribution < 1.29 is 14.6 Å². The molecule has 21 heavy (non-hydrogen) atoms. The van der Waals surface area contributed by atoms with Crippen LogP contribution < -0.4 is 4.74 Å². The van der Waals surface area contributed by atoms with Gasteiger partial charge in [-0.15, -0.1) is 0 Å². The zero-order valence-electron chi connectivity index (χ0n) is 11.7. The van der Waals surface area contributed by atoms with E-state index in [1.807, 2.05) is 35.4 Å². The molecule has 5 nitrogen and oxygen atoms in total. The summed E-state index contributed by atoms with van der Waals surface area (Å²) >= 11 is 1.52. The molecule has 0 saturated carbocycles. The number of para-hydroxylation sites is 1. The van der Waals surface area contributed by atoms with E-state index in [4.69, 9.17) is 4.74 Å². The van der Waals surface area contributed by atoms with Crippen LogP contribution in [0.15, 0.2) is 46.7 Å². The van der Waals surface area contributed by atoms with Crippen LogP contribution in [0.25, 0.3) is 4.91 Å². The standard InChI is InChI=1S/C15H14N2O3S/c1-9-11(14(18)19)7-17-8-13(21-15(17)16-9)10-5-3-4-6-12(10)20-2/h3-6,8H,7H2,1-2H3,(H,18,19). The molecule has 6 heteroatoms. The molecule has 1 aromatic rings. The number of carboxylic acids is 1. The van der Waals surface area contributed by atoms with Gasteiger partial charge in [-0.05, 0) is 24.8 Å². The highest BCUT2D eigenvalue weighted by molar-refractivity contribution is 8.22. The number of ether oxygens (including phenoxy) is 1. The molecule has 0 radical (unpaired) electrons. The number of fused-ring (bicyclic) bond motifs is 1. The average Bonchev–Trinajstić information content (AvgIpc) is 2.88. The van der Waals surface area contributed by atoms with Crippen molar-refractivity contribution in [2.24, 2.45) is 4.99 Å². The number of allylic oxidation sites excluding steroid dienone is 1. The third kappa shape index (κ3) is 2.42. The zero-order chi connectivity index (χ0) is 15.0. The lowest BCUT2D eigenvalue weighted by molar-refractivity contribution is -0.132. The molecule has 0 unspecified atom stereocenters. The summed E-state index contributed by atoms with van der Waals surface area (Å²) < 4.78 is 5.37. The van der Waals surface area contributed by atoms with E-state index in [2.05, 4.69) is 4.99 Å². The second-order valence-electron chi connectivity index (χ2n) is 4.69. The van der Waals surface area contributed by atoms with Gasteiger partial charge in [0.25, 0.3) is 0 Å². The number of amidine groups is 1. The maximum Gasteiger partial charge on any atom is 0.335 e. The summed E-state index contributed by atoms with van der Waals surface area (Å²) in [4.78, 5) is 18.5. The van der Waals surface area contributed by atoms with Crippen LogP contribution in [0.3, 0.4) is 0 Å². The number of nitrogens with zero attached hydrogens (tertiary/aromatic N) is 2. The van der Waals surface area contributed by atoms with Gasteiger partial charge in [-0.3, -0.25) is 0 Å². The Labute approximate surface area is 126 Å². The molecule has 0 fully saturated rings. The Morgan fingerprint density at radius 3 is 2.90 bits per heavy atom. The molecule has 2 heterocycles. The molecule has 0 saturated heterocycles. The minimum Gasteiger partial charge on any atom is -0.496 e. The van der Waals surface area contributed by atoms with Crippen LogP contribution in [-0.4, -0.2) is 34.8 Å². The van der Waals surface area contributed by atoms with E-state index in [1.54, 1.807) is 14.0 Å². The number of hydrogen-bond acceptors (Lipinski definition) is 5. The van der Waals surface area contributed by atoms with Gasteiger partial charge in [-0.2, -0.15) is 0 Å². The number of benzene rings is 1. The first-order chi connectivity index (χ1) is 10.1. The van der Waals surface area contributed by atoms with Gasteiger partial charge in [0.2, 0.25) is 0 Å². The fourth-order valence-electron chi connectivity index (χ4n) is 2.27. The van der Waals surface area contributed by atoms with Crippen LogP contribution in [0.4, 0.5) is 0 Å². The fourth-order valence-corrected chi connectivity index (χ4v) is 3.34. The Kier molecular flexibility index (Phi) is 3.47. The first kappa shape index (κ1) is 13.8. The lowest BCUT2D eigenvalue weighted by Crippen LogP contribution is -2.29. The van der Waals surface area contributed by atoms with Crippen LogP contribution in [0.2, 0.25) is 0 Å². The molecular formula is C15H14N2O3S. The number of methoxy groups -OCH3 is 1. The fraction of sp³-hybridized carbons (Fsp3) is 0.200. The molecule has 0 aliphatic carbocycles. The van der Waals surface area contributed by atoms with Crippen molar-refractivity contribution in [1.82, 2.24) is 4.90 Å². The normalized spacial score (nSPS) is 17.3. The molecule has 0 aromatic heterocycles. The van der Waals surface area contributed by atoms with Crippen LogP contribution in [0, 0.1) is 0 Å². The third-order valence-electron chi connectivity index (χ3n) is 3.38. The monoisotopic (exact) mass is 302 g/mol. The van der Waals surface area contributed by atoms with Crippen molar-refractivity contribution in [2.75, 3.05) is 13.7 Å². The number of hydrogen-bond donors (Lipinski definition) is 1. The van der Waals surface area contributed by atoms with Crippen molar-refractivity contribution in [1.29, 1.82) is 0 Å². The lowest BCUT2D eigenvalue weighted by atomic mass is 10.1. The smallest absolute Gasteiger partial charge is 0.335 e. The van der Waals surface area contributed by atoms with E-state index in [9.17, 15) is 9.90 Å². The second-order valence-corrected chi connectivity index (χ2v) is 5.70. The molecule has 2 aliphatic heterocycles. The quantitative estimate of drug-likeness (QED) is 0.930.